The fourth-order valence-corrected chi connectivity index (χ4v) is 10.3. The Morgan fingerprint density at radius 2 is 1.05 bits per heavy atom. The van der Waals surface area contributed by atoms with Crippen molar-refractivity contribution in [2.45, 2.75) is 5.41 Å². The fraction of sp³-hybridized carbons (Fsp3) is 0.0182. The summed E-state index contributed by atoms with van der Waals surface area (Å²) in [5.41, 5.74) is 16.7. The molecule has 2 aromatic heterocycles. The van der Waals surface area contributed by atoms with Crippen molar-refractivity contribution in [2.24, 2.45) is 0 Å². The van der Waals surface area contributed by atoms with Gasteiger partial charge < -0.3 is 13.7 Å². The molecule has 0 amide bonds. The number of hydrogen-bond acceptors (Lipinski definition) is 2. The number of benzene rings is 9. The topological polar surface area (TPSA) is 27.3 Å². The first kappa shape index (κ1) is 31.6. The molecule has 270 valence electrons. The van der Waals surface area contributed by atoms with Gasteiger partial charge in [0, 0.05) is 49.5 Å². The molecule has 1 aliphatic heterocycles. The number of ether oxygens (including phenoxy) is 1. The molecule has 3 heteroatoms. The van der Waals surface area contributed by atoms with Gasteiger partial charge in [-0.3, -0.25) is 0 Å². The maximum atomic E-state index is 6.66. The molecular formula is C55H33NO2. The van der Waals surface area contributed by atoms with E-state index in [1.165, 1.54) is 55.2 Å². The lowest BCUT2D eigenvalue weighted by Gasteiger charge is -2.39. The van der Waals surface area contributed by atoms with Gasteiger partial charge in [0.15, 0.2) is 0 Å². The first-order valence-corrected chi connectivity index (χ1v) is 19.9. The van der Waals surface area contributed by atoms with Crippen molar-refractivity contribution in [3.05, 3.63) is 222 Å². The maximum absolute atomic E-state index is 6.66. The van der Waals surface area contributed by atoms with Crippen LogP contribution in [0.1, 0.15) is 22.3 Å². The first-order chi connectivity index (χ1) is 28.8. The van der Waals surface area contributed by atoms with E-state index in [-0.39, 0.29) is 0 Å². The molecule has 0 unspecified atom stereocenters. The van der Waals surface area contributed by atoms with Gasteiger partial charge in [-0.15, -0.1) is 0 Å². The largest absolute Gasteiger partial charge is 0.457 e. The highest BCUT2D eigenvalue weighted by molar-refractivity contribution is 6.17. The van der Waals surface area contributed by atoms with Crippen molar-refractivity contribution < 1.29 is 9.15 Å². The van der Waals surface area contributed by atoms with E-state index < -0.39 is 5.41 Å². The maximum Gasteiger partial charge on any atom is 0.143 e. The third kappa shape index (κ3) is 4.12. The van der Waals surface area contributed by atoms with Gasteiger partial charge in [0.2, 0.25) is 0 Å². The van der Waals surface area contributed by atoms with Gasteiger partial charge in [-0.05, 0) is 75.8 Å². The van der Waals surface area contributed by atoms with Crippen molar-refractivity contribution in [1.29, 1.82) is 0 Å². The van der Waals surface area contributed by atoms with E-state index in [4.69, 9.17) is 9.15 Å². The molecule has 2 aliphatic rings. The Balaban J connectivity index is 1.11. The normalized spacial score (nSPS) is 13.4. The third-order valence-electron chi connectivity index (χ3n) is 12.7. The molecule has 9 aromatic carbocycles. The Bertz CT molecular complexity index is 3430. The summed E-state index contributed by atoms with van der Waals surface area (Å²) in [7, 11) is 0. The molecule has 0 N–H and O–H groups in total. The smallest absolute Gasteiger partial charge is 0.143 e. The van der Waals surface area contributed by atoms with E-state index in [9.17, 15) is 0 Å². The summed E-state index contributed by atoms with van der Waals surface area (Å²) in [5, 5.41) is 4.72. The van der Waals surface area contributed by atoms with Gasteiger partial charge in [-0.1, -0.05) is 158 Å². The molecule has 3 nitrogen and oxygen atoms in total. The number of fused-ring (bicyclic) bond motifs is 16. The Morgan fingerprint density at radius 3 is 1.86 bits per heavy atom. The van der Waals surface area contributed by atoms with Crippen LogP contribution in [0.4, 0.5) is 0 Å². The van der Waals surface area contributed by atoms with Gasteiger partial charge in [0.05, 0.1) is 16.4 Å². The van der Waals surface area contributed by atoms with Crippen LogP contribution in [-0.4, -0.2) is 4.57 Å². The second-order valence-electron chi connectivity index (χ2n) is 15.5. The number of para-hydroxylation sites is 4. The molecular weight excluding hydrogens is 707 g/mol. The molecule has 0 bridgehead atoms. The van der Waals surface area contributed by atoms with Gasteiger partial charge in [-0.2, -0.15) is 0 Å². The second-order valence-corrected chi connectivity index (χ2v) is 15.5. The van der Waals surface area contributed by atoms with E-state index in [2.05, 4.69) is 193 Å². The highest BCUT2D eigenvalue weighted by Crippen LogP contribution is 2.63. The number of nitrogens with zero attached hydrogens (tertiary/aromatic N) is 1. The lowest BCUT2D eigenvalue weighted by atomic mass is 9.66. The zero-order valence-corrected chi connectivity index (χ0v) is 31.3. The summed E-state index contributed by atoms with van der Waals surface area (Å²) < 4.78 is 15.6. The van der Waals surface area contributed by atoms with E-state index >= 15 is 0 Å². The number of rotatable bonds is 3. The van der Waals surface area contributed by atoms with Crippen LogP contribution in [0.2, 0.25) is 0 Å². The molecule has 13 rings (SSSR count). The predicted octanol–water partition coefficient (Wildman–Crippen LogP) is 14.5. The van der Waals surface area contributed by atoms with Crippen LogP contribution >= 0.6 is 0 Å². The summed E-state index contributed by atoms with van der Waals surface area (Å²) in [6.07, 6.45) is 0. The van der Waals surface area contributed by atoms with E-state index in [0.29, 0.717) is 0 Å². The van der Waals surface area contributed by atoms with Crippen molar-refractivity contribution in [3.63, 3.8) is 0 Å². The van der Waals surface area contributed by atoms with Gasteiger partial charge in [-0.25, -0.2) is 0 Å². The first-order valence-electron chi connectivity index (χ1n) is 19.9. The quantitative estimate of drug-likeness (QED) is 0.180. The molecule has 11 aromatic rings. The zero-order valence-electron chi connectivity index (χ0n) is 31.3. The molecule has 3 heterocycles. The molecule has 1 spiro atoms. The summed E-state index contributed by atoms with van der Waals surface area (Å²) in [5.74, 6) is 1.79. The Hall–Kier alpha value is -7.62. The number of hydrogen-bond donors (Lipinski definition) is 0. The lowest BCUT2D eigenvalue weighted by molar-refractivity contribution is 0.436. The van der Waals surface area contributed by atoms with Crippen LogP contribution in [0.25, 0.3) is 82.8 Å². The third-order valence-corrected chi connectivity index (χ3v) is 12.7. The zero-order chi connectivity index (χ0) is 38.0. The molecule has 0 atom stereocenters. The molecule has 0 saturated carbocycles. The minimum absolute atomic E-state index is 0.558. The van der Waals surface area contributed by atoms with Gasteiger partial charge in [0.25, 0.3) is 0 Å². The van der Waals surface area contributed by atoms with Crippen molar-refractivity contribution in [1.82, 2.24) is 4.57 Å². The Morgan fingerprint density at radius 1 is 0.397 bits per heavy atom. The Kier molecular flexibility index (Phi) is 6.37. The van der Waals surface area contributed by atoms with Crippen molar-refractivity contribution in [2.75, 3.05) is 0 Å². The summed E-state index contributed by atoms with van der Waals surface area (Å²) in [4.78, 5) is 0. The lowest BCUT2D eigenvalue weighted by Crippen LogP contribution is -2.32. The highest BCUT2D eigenvalue weighted by atomic mass is 16.5. The van der Waals surface area contributed by atoms with Crippen LogP contribution in [0.5, 0.6) is 11.5 Å². The van der Waals surface area contributed by atoms with Crippen molar-refractivity contribution in [3.8, 4) is 50.6 Å². The van der Waals surface area contributed by atoms with E-state index in [0.717, 1.165) is 61.4 Å². The molecule has 58 heavy (non-hydrogen) atoms. The predicted molar refractivity (Wildman–Crippen MR) is 236 cm³/mol. The summed E-state index contributed by atoms with van der Waals surface area (Å²) in [6.45, 7) is 0. The Labute approximate surface area is 334 Å². The number of furan rings is 1. The second kappa shape index (κ2) is 11.7. The standard InChI is InChI=1S/C55H33NO2/c1-2-13-34(14-3-1)36-27-32-48-43(33-36)40-30-31-47-52(42-16-4-6-19-44(42)55(47)45-20-7-10-23-50(45)57-51-24-11-8-21-46(51)55)53(40)56(48)37-28-25-35(26-29-37)38-17-12-18-41-39-15-5-9-22-49(39)58-54(38)41/h1-33H. The molecule has 0 fully saturated rings. The van der Waals surface area contributed by atoms with Crippen molar-refractivity contribution >= 4 is 43.7 Å². The molecule has 0 radical (unpaired) electrons. The van der Waals surface area contributed by atoms with Crippen LogP contribution < -0.4 is 4.74 Å². The van der Waals surface area contributed by atoms with E-state index in [1.807, 2.05) is 12.1 Å². The van der Waals surface area contributed by atoms with Gasteiger partial charge in [0.1, 0.15) is 22.7 Å². The van der Waals surface area contributed by atoms with Crippen LogP contribution in [-0.2, 0) is 5.41 Å². The van der Waals surface area contributed by atoms with E-state index in [1.54, 1.807) is 0 Å². The summed E-state index contributed by atoms with van der Waals surface area (Å²) >= 11 is 0. The monoisotopic (exact) mass is 739 g/mol. The average Bonchev–Trinajstić information content (AvgIpc) is 3.93. The van der Waals surface area contributed by atoms with Gasteiger partial charge >= 0.3 is 0 Å². The summed E-state index contributed by atoms with van der Waals surface area (Å²) in [6, 6.07) is 72.4. The highest BCUT2D eigenvalue weighted by Gasteiger charge is 2.51. The average molecular weight is 740 g/mol. The van der Waals surface area contributed by atoms with Crippen LogP contribution in [0.3, 0.4) is 0 Å². The minimum Gasteiger partial charge on any atom is -0.457 e. The number of aromatic nitrogens is 1. The molecule has 1 aliphatic carbocycles. The fourth-order valence-electron chi connectivity index (χ4n) is 10.3. The SMILES string of the molecule is c1ccc(-c2ccc3c(c2)c2ccc4c(c2n3-c2ccc(-c3cccc5c3oc3ccccc35)cc2)-c2ccccc2C42c3ccccc3Oc3ccccc32)cc1. The van der Waals surface area contributed by atoms with Crippen LogP contribution in [0, 0.1) is 0 Å². The van der Waals surface area contributed by atoms with Crippen LogP contribution in [0.15, 0.2) is 205 Å². The minimum atomic E-state index is -0.558. The molecule has 0 saturated heterocycles.